The maximum absolute atomic E-state index is 12.0. The molecule has 2 aromatic carbocycles. The van der Waals surface area contributed by atoms with Gasteiger partial charge in [-0.15, -0.1) is 0 Å². The molecule has 1 aliphatic heterocycles. The quantitative estimate of drug-likeness (QED) is 0.530. The Morgan fingerprint density at radius 3 is 2.70 bits per heavy atom. The molecule has 172 valence electrons. The number of nitrogens with zero attached hydrogens (tertiary/aromatic N) is 2. The van der Waals surface area contributed by atoms with Gasteiger partial charge in [-0.25, -0.2) is 9.78 Å². The molecule has 2 unspecified atom stereocenters. The molecular weight excluding hydrogens is 416 g/mol. The van der Waals surface area contributed by atoms with Crippen LogP contribution in [0.1, 0.15) is 59.6 Å². The molecule has 0 radical (unpaired) electrons. The number of aromatic nitrogens is 2. The number of methoxy groups -OCH3 is 1. The van der Waals surface area contributed by atoms with Crippen LogP contribution in [0.2, 0.25) is 0 Å². The van der Waals surface area contributed by atoms with Crippen LogP contribution in [-0.2, 0) is 16.1 Å². The monoisotopic (exact) mass is 446 g/mol. The number of aliphatic hydroxyl groups is 1. The Morgan fingerprint density at radius 2 is 1.88 bits per heavy atom. The molecule has 1 aromatic heterocycles. The van der Waals surface area contributed by atoms with Crippen LogP contribution in [0.4, 0.5) is 0 Å². The number of hydrogen-bond donors (Lipinski definition) is 1. The summed E-state index contributed by atoms with van der Waals surface area (Å²) in [6.45, 7) is 0.394. The number of carbonyl (C=O) groups is 1. The van der Waals surface area contributed by atoms with Gasteiger partial charge in [0.1, 0.15) is 0 Å². The summed E-state index contributed by atoms with van der Waals surface area (Å²) in [4.78, 5) is 16.3. The first kappa shape index (κ1) is 21.9. The SMILES string of the molecule is COC(=O)c1ccccc1CO[C@H]1CC[C@H](C(O)CC2c3ccccc3-c3cncn32)CC1. The Hall–Kier alpha value is -2.96. The third-order valence-electron chi connectivity index (χ3n) is 7.22. The number of esters is 1. The minimum Gasteiger partial charge on any atom is -0.465 e. The highest BCUT2D eigenvalue weighted by Crippen LogP contribution is 2.42. The molecule has 3 aromatic rings. The first-order valence-electron chi connectivity index (χ1n) is 11.7. The van der Waals surface area contributed by atoms with Gasteiger partial charge in [0.2, 0.25) is 0 Å². The predicted octanol–water partition coefficient (Wildman–Crippen LogP) is 4.77. The molecule has 0 amide bonds. The van der Waals surface area contributed by atoms with E-state index in [0.717, 1.165) is 36.9 Å². The maximum atomic E-state index is 12.0. The van der Waals surface area contributed by atoms with Gasteiger partial charge in [-0.2, -0.15) is 0 Å². The fourth-order valence-electron chi connectivity index (χ4n) is 5.40. The number of hydrogen-bond acceptors (Lipinski definition) is 5. The van der Waals surface area contributed by atoms with Gasteiger partial charge >= 0.3 is 5.97 Å². The highest BCUT2D eigenvalue weighted by atomic mass is 16.5. The van der Waals surface area contributed by atoms with Crippen LogP contribution in [-0.4, -0.2) is 39.9 Å². The van der Waals surface area contributed by atoms with Gasteiger partial charge in [0.15, 0.2) is 0 Å². The molecule has 1 fully saturated rings. The second-order valence-corrected chi connectivity index (χ2v) is 9.09. The number of carbonyl (C=O) groups excluding carboxylic acids is 1. The van der Waals surface area contributed by atoms with Crippen LogP contribution >= 0.6 is 0 Å². The lowest BCUT2D eigenvalue weighted by atomic mass is 9.81. The Labute approximate surface area is 194 Å². The third kappa shape index (κ3) is 4.33. The van der Waals surface area contributed by atoms with Gasteiger partial charge in [-0.1, -0.05) is 42.5 Å². The summed E-state index contributed by atoms with van der Waals surface area (Å²) in [5.41, 5.74) is 5.03. The first-order chi connectivity index (χ1) is 16.2. The van der Waals surface area contributed by atoms with E-state index in [-0.39, 0.29) is 30.1 Å². The van der Waals surface area contributed by atoms with Crippen LogP contribution in [0, 0.1) is 5.92 Å². The van der Waals surface area contributed by atoms with Crippen molar-refractivity contribution in [2.24, 2.45) is 5.92 Å². The van der Waals surface area contributed by atoms with Crippen LogP contribution in [0.3, 0.4) is 0 Å². The summed E-state index contributed by atoms with van der Waals surface area (Å²) in [7, 11) is 1.39. The number of imidazole rings is 1. The Bertz CT molecular complexity index is 1120. The molecule has 0 spiro atoms. The molecule has 2 atom stereocenters. The van der Waals surface area contributed by atoms with Crippen LogP contribution in [0.5, 0.6) is 0 Å². The number of aliphatic hydroxyl groups excluding tert-OH is 1. The summed E-state index contributed by atoms with van der Waals surface area (Å²) in [5.74, 6) is -0.0671. The van der Waals surface area contributed by atoms with E-state index < -0.39 is 0 Å². The van der Waals surface area contributed by atoms with E-state index in [4.69, 9.17) is 9.47 Å². The lowest BCUT2D eigenvalue weighted by molar-refractivity contribution is -0.0163. The Kier molecular flexibility index (Phi) is 6.29. The van der Waals surface area contributed by atoms with Gasteiger partial charge in [0, 0.05) is 5.56 Å². The number of rotatable bonds is 7. The highest BCUT2D eigenvalue weighted by Gasteiger charge is 2.33. The second kappa shape index (κ2) is 9.49. The molecule has 2 heterocycles. The van der Waals surface area contributed by atoms with Gasteiger partial charge in [-0.05, 0) is 55.2 Å². The van der Waals surface area contributed by atoms with Gasteiger partial charge < -0.3 is 19.1 Å². The second-order valence-electron chi connectivity index (χ2n) is 9.09. The number of benzene rings is 2. The molecule has 1 N–H and O–H groups in total. The molecule has 1 saturated carbocycles. The van der Waals surface area contributed by atoms with Crippen LogP contribution in [0.25, 0.3) is 11.3 Å². The molecule has 6 heteroatoms. The molecule has 1 aliphatic carbocycles. The van der Waals surface area contributed by atoms with E-state index in [9.17, 15) is 9.90 Å². The molecule has 0 bridgehead atoms. The van der Waals surface area contributed by atoms with Gasteiger partial charge in [0.25, 0.3) is 0 Å². The van der Waals surface area contributed by atoms with Crippen LogP contribution < -0.4 is 0 Å². The fourth-order valence-corrected chi connectivity index (χ4v) is 5.40. The Morgan fingerprint density at radius 1 is 1.12 bits per heavy atom. The topological polar surface area (TPSA) is 73.6 Å². The van der Waals surface area contributed by atoms with Crippen LogP contribution in [0.15, 0.2) is 61.1 Å². The van der Waals surface area contributed by atoms with Crippen molar-refractivity contribution in [1.82, 2.24) is 9.55 Å². The summed E-state index contributed by atoms with van der Waals surface area (Å²) < 4.78 is 13.2. The summed E-state index contributed by atoms with van der Waals surface area (Å²) >= 11 is 0. The van der Waals surface area contributed by atoms with E-state index in [1.807, 2.05) is 30.7 Å². The van der Waals surface area contributed by atoms with Crippen molar-refractivity contribution in [2.45, 2.75) is 57.0 Å². The van der Waals surface area contributed by atoms with Crippen molar-refractivity contribution in [2.75, 3.05) is 7.11 Å². The van der Waals surface area contributed by atoms with E-state index in [1.54, 1.807) is 6.07 Å². The highest BCUT2D eigenvalue weighted by molar-refractivity contribution is 5.90. The lowest BCUT2D eigenvalue weighted by Crippen LogP contribution is -2.30. The molecule has 6 nitrogen and oxygen atoms in total. The smallest absolute Gasteiger partial charge is 0.338 e. The molecule has 33 heavy (non-hydrogen) atoms. The Balaban J connectivity index is 1.16. The minimum absolute atomic E-state index is 0.137. The number of ether oxygens (including phenoxy) is 2. The normalized spacial score (nSPS) is 22.4. The maximum Gasteiger partial charge on any atom is 0.338 e. The van der Waals surface area contributed by atoms with E-state index in [1.165, 1.54) is 18.2 Å². The third-order valence-corrected chi connectivity index (χ3v) is 7.22. The van der Waals surface area contributed by atoms with Gasteiger partial charge in [-0.3, -0.25) is 0 Å². The van der Waals surface area contributed by atoms with Crippen molar-refractivity contribution in [3.8, 4) is 11.3 Å². The zero-order valence-corrected chi connectivity index (χ0v) is 18.9. The van der Waals surface area contributed by atoms with Crippen molar-refractivity contribution in [1.29, 1.82) is 0 Å². The van der Waals surface area contributed by atoms with Crippen molar-refractivity contribution < 1.29 is 19.4 Å². The van der Waals surface area contributed by atoms with Crippen molar-refractivity contribution >= 4 is 5.97 Å². The lowest BCUT2D eigenvalue weighted by Gasteiger charge is -2.33. The van der Waals surface area contributed by atoms with Crippen molar-refractivity contribution in [3.63, 3.8) is 0 Å². The largest absolute Gasteiger partial charge is 0.465 e. The zero-order valence-electron chi connectivity index (χ0n) is 18.9. The van der Waals surface area contributed by atoms with E-state index in [2.05, 4.69) is 33.8 Å². The zero-order chi connectivity index (χ0) is 22.8. The molecular formula is C27H30N2O4. The standard InChI is InChI=1S/C27H30N2O4/c1-32-27(31)21-7-3-2-6-19(21)16-33-20-12-10-18(11-13-20)26(30)14-24-22-8-4-5-9-23(22)25-15-28-17-29(24)25/h2-9,15,17-18,20,24,26,30H,10-14,16H2,1H3/t18-,20-,24?,26?. The predicted molar refractivity (Wildman–Crippen MR) is 125 cm³/mol. The average Bonchev–Trinajstić information content (AvgIpc) is 3.45. The van der Waals surface area contributed by atoms with E-state index in [0.29, 0.717) is 18.6 Å². The summed E-state index contributed by atoms with van der Waals surface area (Å²) in [5, 5.41) is 11.1. The van der Waals surface area contributed by atoms with E-state index >= 15 is 0 Å². The summed E-state index contributed by atoms with van der Waals surface area (Å²) in [6, 6.07) is 16.0. The summed E-state index contributed by atoms with van der Waals surface area (Å²) in [6.07, 6.45) is 7.98. The average molecular weight is 447 g/mol. The van der Waals surface area contributed by atoms with Crippen molar-refractivity contribution in [3.05, 3.63) is 77.7 Å². The number of fused-ring (bicyclic) bond motifs is 3. The molecule has 2 aliphatic rings. The first-order valence-corrected chi connectivity index (χ1v) is 11.7. The fraction of sp³-hybridized carbons (Fsp3) is 0.407. The molecule has 5 rings (SSSR count). The molecule has 0 saturated heterocycles. The van der Waals surface area contributed by atoms with Gasteiger partial charge in [0.05, 0.1) is 55.7 Å². The minimum atomic E-state index is -0.364.